The van der Waals surface area contributed by atoms with Crippen molar-refractivity contribution in [2.75, 3.05) is 11.5 Å². The highest BCUT2D eigenvalue weighted by Gasteiger charge is 2.36. The fourth-order valence-electron chi connectivity index (χ4n) is 2.95. The number of rotatable bonds is 5. The van der Waals surface area contributed by atoms with E-state index in [1.54, 1.807) is 42.5 Å². The average molecular weight is 426 g/mol. The van der Waals surface area contributed by atoms with Gasteiger partial charge in [-0.1, -0.05) is 29.8 Å². The Morgan fingerprint density at radius 2 is 1.62 bits per heavy atom. The lowest BCUT2D eigenvalue weighted by atomic mass is 10.1. The number of halogens is 1. The summed E-state index contributed by atoms with van der Waals surface area (Å²) in [6.45, 7) is -0.438. The van der Waals surface area contributed by atoms with E-state index in [9.17, 15) is 19.2 Å². The molecule has 0 radical (unpaired) electrons. The van der Waals surface area contributed by atoms with Crippen LogP contribution in [-0.2, 0) is 4.74 Å². The van der Waals surface area contributed by atoms with Gasteiger partial charge >= 0.3 is 5.97 Å². The van der Waals surface area contributed by atoms with Gasteiger partial charge < -0.3 is 4.74 Å². The van der Waals surface area contributed by atoms with Gasteiger partial charge in [0.2, 0.25) is 5.78 Å². The smallest absolute Gasteiger partial charge is 0.338 e. The summed E-state index contributed by atoms with van der Waals surface area (Å²) in [4.78, 5) is 51.0. The first kappa shape index (κ1) is 19.0. The number of Topliss-reactive ketones (excluding diaryl/α,β-unsaturated/α-hetero) is 1. The number of imide groups is 1. The van der Waals surface area contributed by atoms with E-state index in [0.29, 0.717) is 20.3 Å². The molecule has 0 spiro atoms. The fourth-order valence-corrected chi connectivity index (χ4v) is 3.91. The summed E-state index contributed by atoms with van der Waals surface area (Å²) in [6, 6.07) is 15.6. The number of carbonyl (C=O) groups excluding carboxylic acids is 4. The van der Waals surface area contributed by atoms with Crippen molar-refractivity contribution in [3.63, 3.8) is 0 Å². The third-order valence-electron chi connectivity index (χ3n) is 4.32. The van der Waals surface area contributed by atoms with E-state index in [1.807, 2.05) is 0 Å². The molecule has 0 unspecified atom stereocenters. The highest BCUT2D eigenvalue weighted by atomic mass is 35.5. The number of ketones is 1. The molecule has 144 valence electrons. The maximum absolute atomic E-state index is 12.6. The number of anilines is 1. The summed E-state index contributed by atoms with van der Waals surface area (Å²) < 4.78 is 5.54. The van der Waals surface area contributed by atoms with Gasteiger partial charge in [-0.2, -0.15) is 0 Å². The van der Waals surface area contributed by atoms with Gasteiger partial charge in [-0.15, -0.1) is 11.3 Å². The molecule has 0 saturated heterocycles. The first-order chi connectivity index (χ1) is 14.0. The summed E-state index contributed by atoms with van der Waals surface area (Å²) >= 11 is 6.90. The van der Waals surface area contributed by atoms with Gasteiger partial charge in [0.05, 0.1) is 31.6 Å². The predicted octanol–water partition coefficient (Wildman–Crippen LogP) is 4.24. The van der Waals surface area contributed by atoms with Gasteiger partial charge in [-0.25, -0.2) is 9.69 Å². The van der Waals surface area contributed by atoms with Crippen molar-refractivity contribution in [1.29, 1.82) is 0 Å². The van der Waals surface area contributed by atoms with Crippen LogP contribution in [0, 0.1) is 0 Å². The van der Waals surface area contributed by atoms with Crippen molar-refractivity contribution >= 4 is 52.2 Å². The number of benzene rings is 2. The molecular formula is C21H12ClNO5S. The number of hydrogen-bond donors (Lipinski definition) is 0. The zero-order chi connectivity index (χ0) is 20.5. The monoisotopic (exact) mass is 425 g/mol. The van der Waals surface area contributed by atoms with Crippen LogP contribution < -0.4 is 4.90 Å². The average Bonchev–Trinajstić information content (AvgIpc) is 3.28. The van der Waals surface area contributed by atoms with Crippen LogP contribution in [0.1, 0.15) is 40.7 Å². The molecule has 1 aliphatic heterocycles. The molecule has 0 fully saturated rings. The van der Waals surface area contributed by atoms with Crippen molar-refractivity contribution in [2.45, 2.75) is 0 Å². The molecule has 0 N–H and O–H groups in total. The predicted molar refractivity (Wildman–Crippen MR) is 108 cm³/mol. The molecular weight excluding hydrogens is 414 g/mol. The quantitative estimate of drug-likeness (QED) is 0.347. The summed E-state index contributed by atoms with van der Waals surface area (Å²) in [7, 11) is 0. The number of carbonyl (C=O) groups is 4. The van der Waals surface area contributed by atoms with Crippen LogP contribution >= 0.6 is 22.9 Å². The highest BCUT2D eigenvalue weighted by molar-refractivity contribution is 7.18. The zero-order valence-corrected chi connectivity index (χ0v) is 16.3. The maximum atomic E-state index is 12.6. The first-order valence-corrected chi connectivity index (χ1v) is 9.68. The van der Waals surface area contributed by atoms with Gasteiger partial charge in [0.15, 0.2) is 6.61 Å². The van der Waals surface area contributed by atoms with Gasteiger partial charge in [-0.05, 0) is 42.5 Å². The molecule has 6 nitrogen and oxygen atoms in total. The Labute approximate surface area is 174 Å². The Morgan fingerprint density at radius 3 is 2.24 bits per heavy atom. The molecule has 0 aliphatic carbocycles. The molecule has 2 aromatic carbocycles. The number of fused-ring (bicyclic) bond motifs is 1. The van der Waals surface area contributed by atoms with Gasteiger partial charge in [0.25, 0.3) is 11.8 Å². The summed E-state index contributed by atoms with van der Waals surface area (Å²) in [6.07, 6.45) is 0. The molecule has 2 amide bonds. The topological polar surface area (TPSA) is 80.8 Å². The Hall–Kier alpha value is -3.29. The second-order valence-corrected chi connectivity index (χ2v) is 7.86. The first-order valence-electron chi connectivity index (χ1n) is 8.49. The van der Waals surface area contributed by atoms with Crippen LogP contribution in [-0.4, -0.2) is 30.2 Å². The van der Waals surface area contributed by atoms with Crippen molar-refractivity contribution in [3.05, 3.63) is 86.6 Å². The summed E-state index contributed by atoms with van der Waals surface area (Å²) in [5.74, 6) is -2.02. The van der Waals surface area contributed by atoms with Crippen LogP contribution in [0.3, 0.4) is 0 Å². The summed E-state index contributed by atoms with van der Waals surface area (Å²) in [5.41, 5.74) is 0.995. The lowest BCUT2D eigenvalue weighted by molar-refractivity contribution is 0.0475. The molecule has 29 heavy (non-hydrogen) atoms. The van der Waals surface area contributed by atoms with E-state index in [2.05, 4.69) is 0 Å². The second-order valence-electron chi connectivity index (χ2n) is 6.14. The molecule has 0 bridgehead atoms. The Morgan fingerprint density at radius 1 is 0.931 bits per heavy atom. The minimum Gasteiger partial charge on any atom is -0.454 e. The summed E-state index contributed by atoms with van der Waals surface area (Å²) in [5, 5.41) is 0. The van der Waals surface area contributed by atoms with Crippen molar-refractivity contribution < 1.29 is 23.9 Å². The number of thiophene rings is 1. The third-order valence-corrected chi connectivity index (χ3v) is 5.59. The van der Waals surface area contributed by atoms with Gasteiger partial charge in [-0.3, -0.25) is 14.4 Å². The molecule has 3 aromatic rings. The van der Waals surface area contributed by atoms with E-state index in [4.69, 9.17) is 16.3 Å². The van der Waals surface area contributed by atoms with Crippen molar-refractivity contribution in [2.24, 2.45) is 0 Å². The Bertz CT molecular complexity index is 1130. The number of ether oxygens (including phenoxy) is 1. The normalized spacial score (nSPS) is 12.8. The molecule has 1 aliphatic rings. The van der Waals surface area contributed by atoms with E-state index >= 15 is 0 Å². The van der Waals surface area contributed by atoms with Crippen LogP contribution in [0.2, 0.25) is 4.34 Å². The zero-order valence-electron chi connectivity index (χ0n) is 14.8. The largest absolute Gasteiger partial charge is 0.454 e. The third kappa shape index (κ3) is 3.57. The lowest BCUT2D eigenvalue weighted by Crippen LogP contribution is -2.29. The SMILES string of the molecule is O=C(OCC(=O)c1ccc(Cl)s1)c1cccc(N2C(=O)c3ccccc3C2=O)c1. The Kier molecular flexibility index (Phi) is 5.00. The van der Waals surface area contributed by atoms with E-state index < -0.39 is 24.4 Å². The standard InChI is InChI=1S/C21H12ClNO5S/c22-18-9-8-17(29-18)16(24)11-28-21(27)12-4-3-5-13(10-12)23-19(25)14-6-1-2-7-15(14)20(23)26/h1-10H,11H2. The van der Waals surface area contributed by atoms with Crippen LogP contribution in [0.4, 0.5) is 5.69 Å². The lowest BCUT2D eigenvalue weighted by Gasteiger charge is -2.14. The van der Waals surface area contributed by atoms with E-state index in [0.717, 1.165) is 16.2 Å². The number of nitrogens with zero attached hydrogens (tertiary/aromatic N) is 1. The van der Waals surface area contributed by atoms with E-state index in [-0.39, 0.29) is 17.0 Å². The minimum absolute atomic E-state index is 0.121. The van der Waals surface area contributed by atoms with Crippen molar-refractivity contribution in [1.82, 2.24) is 0 Å². The van der Waals surface area contributed by atoms with Gasteiger partial charge in [0.1, 0.15) is 0 Å². The second kappa shape index (κ2) is 7.62. The molecule has 2 heterocycles. The highest BCUT2D eigenvalue weighted by Crippen LogP contribution is 2.29. The number of esters is 1. The molecule has 0 atom stereocenters. The molecule has 1 aromatic heterocycles. The molecule has 0 saturated carbocycles. The van der Waals surface area contributed by atoms with Crippen LogP contribution in [0.5, 0.6) is 0 Å². The van der Waals surface area contributed by atoms with Gasteiger partial charge in [0, 0.05) is 0 Å². The maximum Gasteiger partial charge on any atom is 0.338 e. The molecule has 4 rings (SSSR count). The Balaban J connectivity index is 1.50. The minimum atomic E-state index is -0.737. The fraction of sp³-hybridized carbons (Fsp3) is 0.0476. The molecule has 8 heteroatoms. The van der Waals surface area contributed by atoms with Crippen LogP contribution in [0.15, 0.2) is 60.7 Å². The van der Waals surface area contributed by atoms with Crippen LogP contribution in [0.25, 0.3) is 0 Å². The number of hydrogen-bond acceptors (Lipinski definition) is 6. The van der Waals surface area contributed by atoms with E-state index in [1.165, 1.54) is 18.2 Å². The number of amides is 2. The van der Waals surface area contributed by atoms with Crippen molar-refractivity contribution in [3.8, 4) is 0 Å².